The molecule has 0 bridgehead atoms. The molecular weight excluding hydrogens is 188 g/mol. The molecule has 2 atom stereocenters. The van der Waals surface area contributed by atoms with Crippen LogP contribution in [0.3, 0.4) is 0 Å². The normalized spacial score (nSPS) is 15.6. The lowest BCUT2D eigenvalue weighted by molar-refractivity contribution is 0.163. The maximum atomic E-state index is 5.81. The predicted molar refractivity (Wildman–Crippen MR) is 62.8 cm³/mol. The van der Waals surface area contributed by atoms with Crippen molar-refractivity contribution in [1.82, 2.24) is 4.90 Å². The molecule has 0 fully saturated rings. The molecule has 0 saturated carbocycles. The maximum Gasteiger partial charge on any atom is 0.122 e. The molecule has 86 valence electrons. The summed E-state index contributed by atoms with van der Waals surface area (Å²) in [5.74, 6) is 1.92. The lowest BCUT2D eigenvalue weighted by Gasteiger charge is -2.30. The second kappa shape index (κ2) is 5.33. The summed E-state index contributed by atoms with van der Waals surface area (Å²) < 4.78 is 5.63. The van der Waals surface area contributed by atoms with E-state index in [0.717, 1.165) is 17.9 Å². The fraction of sp³-hybridized carbons (Fsp3) is 0.667. The molecule has 0 aliphatic carbocycles. The van der Waals surface area contributed by atoms with Crippen molar-refractivity contribution in [2.24, 2.45) is 5.73 Å². The van der Waals surface area contributed by atoms with Gasteiger partial charge in [-0.15, -0.1) is 0 Å². The Labute approximate surface area is 92.2 Å². The highest BCUT2D eigenvalue weighted by Gasteiger charge is 2.21. The zero-order chi connectivity index (χ0) is 11.4. The lowest BCUT2D eigenvalue weighted by atomic mass is 10.1. The Morgan fingerprint density at radius 2 is 2.13 bits per heavy atom. The summed E-state index contributed by atoms with van der Waals surface area (Å²) in [6.45, 7) is 6.94. The van der Waals surface area contributed by atoms with Crippen molar-refractivity contribution in [1.29, 1.82) is 0 Å². The van der Waals surface area contributed by atoms with Crippen LogP contribution < -0.4 is 5.73 Å². The molecule has 0 amide bonds. The molecule has 0 spiro atoms. The monoisotopic (exact) mass is 210 g/mol. The SMILES string of the molecule is CCC(C)N(C)C(CN)c1ccc(C)o1. The molecule has 0 aliphatic rings. The first-order valence-corrected chi connectivity index (χ1v) is 5.58. The molecule has 2 unspecified atom stereocenters. The molecule has 1 aromatic rings. The van der Waals surface area contributed by atoms with E-state index in [-0.39, 0.29) is 6.04 Å². The van der Waals surface area contributed by atoms with E-state index in [0.29, 0.717) is 12.6 Å². The summed E-state index contributed by atoms with van der Waals surface area (Å²) in [6, 6.07) is 4.71. The van der Waals surface area contributed by atoms with Crippen LogP contribution in [-0.2, 0) is 0 Å². The second-order valence-electron chi connectivity index (χ2n) is 4.12. The minimum absolute atomic E-state index is 0.189. The summed E-state index contributed by atoms with van der Waals surface area (Å²) in [5, 5.41) is 0. The topological polar surface area (TPSA) is 42.4 Å². The van der Waals surface area contributed by atoms with E-state index < -0.39 is 0 Å². The highest BCUT2D eigenvalue weighted by molar-refractivity contribution is 5.10. The van der Waals surface area contributed by atoms with E-state index in [1.807, 2.05) is 19.1 Å². The predicted octanol–water partition coefficient (Wildman–Crippen LogP) is 2.32. The van der Waals surface area contributed by atoms with E-state index in [9.17, 15) is 0 Å². The van der Waals surface area contributed by atoms with Crippen molar-refractivity contribution in [3.05, 3.63) is 23.7 Å². The van der Waals surface area contributed by atoms with Gasteiger partial charge in [-0.1, -0.05) is 6.92 Å². The Morgan fingerprint density at radius 3 is 2.53 bits per heavy atom. The van der Waals surface area contributed by atoms with E-state index in [1.54, 1.807) is 0 Å². The third-order valence-electron chi connectivity index (χ3n) is 3.09. The Morgan fingerprint density at radius 1 is 1.47 bits per heavy atom. The third-order valence-corrected chi connectivity index (χ3v) is 3.09. The van der Waals surface area contributed by atoms with Gasteiger partial charge in [-0.2, -0.15) is 0 Å². The van der Waals surface area contributed by atoms with Crippen molar-refractivity contribution in [3.63, 3.8) is 0 Å². The molecule has 3 heteroatoms. The van der Waals surface area contributed by atoms with Gasteiger partial charge >= 0.3 is 0 Å². The van der Waals surface area contributed by atoms with E-state index >= 15 is 0 Å². The standard InChI is InChI=1S/C12H22N2O/c1-5-9(2)14(4)11(8-13)12-7-6-10(3)15-12/h6-7,9,11H,5,8,13H2,1-4H3. The Kier molecular flexibility index (Phi) is 4.36. The van der Waals surface area contributed by atoms with Gasteiger partial charge in [0.25, 0.3) is 0 Å². The number of likely N-dealkylation sites (N-methyl/N-ethyl adjacent to an activating group) is 1. The molecule has 15 heavy (non-hydrogen) atoms. The van der Waals surface area contributed by atoms with Gasteiger partial charge in [-0.25, -0.2) is 0 Å². The summed E-state index contributed by atoms with van der Waals surface area (Å²) in [7, 11) is 2.10. The number of furan rings is 1. The summed E-state index contributed by atoms with van der Waals surface area (Å²) in [4.78, 5) is 2.28. The average Bonchev–Trinajstić information content (AvgIpc) is 2.64. The fourth-order valence-corrected chi connectivity index (χ4v) is 1.71. The van der Waals surface area contributed by atoms with Crippen LogP contribution in [0.4, 0.5) is 0 Å². The van der Waals surface area contributed by atoms with Crippen molar-refractivity contribution in [3.8, 4) is 0 Å². The molecule has 1 rings (SSSR count). The zero-order valence-corrected chi connectivity index (χ0v) is 10.2. The van der Waals surface area contributed by atoms with Crippen LogP contribution in [-0.4, -0.2) is 24.5 Å². The van der Waals surface area contributed by atoms with E-state index in [4.69, 9.17) is 10.2 Å². The minimum atomic E-state index is 0.189. The molecule has 0 radical (unpaired) electrons. The largest absolute Gasteiger partial charge is 0.465 e. The number of nitrogens with two attached hydrogens (primary N) is 1. The first-order valence-electron chi connectivity index (χ1n) is 5.58. The van der Waals surface area contributed by atoms with Gasteiger partial charge in [0.05, 0.1) is 6.04 Å². The molecule has 1 aromatic heterocycles. The van der Waals surface area contributed by atoms with Crippen molar-refractivity contribution in [2.75, 3.05) is 13.6 Å². The van der Waals surface area contributed by atoms with Gasteiger partial charge in [-0.05, 0) is 39.4 Å². The first kappa shape index (κ1) is 12.3. The lowest BCUT2D eigenvalue weighted by Crippen LogP contribution is -2.36. The molecule has 3 nitrogen and oxygen atoms in total. The smallest absolute Gasteiger partial charge is 0.122 e. The Hall–Kier alpha value is -0.800. The first-order chi connectivity index (χ1) is 7.10. The van der Waals surface area contributed by atoms with Crippen LogP contribution in [0, 0.1) is 6.92 Å². The Balaban J connectivity index is 2.79. The van der Waals surface area contributed by atoms with Gasteiger partial charge in [0, 0.05) is 12.6 Å². The van der Waals surface area contributed by atoms with E-state index in [2.05, 4.69) is 25.8 Å². The summed E-state index contributed by atoms with van der Waals surface area (Å²) >= 11 is 0. The van der Waals surface area contributed by atoms with Gasteiger partial charge in [0.15, 0.2) is 0 Å². The average molecular weight is 210 g/mol. The highest BCUT2D eigenvalue weighted by atomic mass is 16.3. The number of hydrogen-bond acceptors (Lipinski definition) is 3. The van der Waals surface area contributed by atoms with Crippen LogP contribution in [0.5, 0.6) is 0 Å². The third kappa shape index (κ3) is 2.83. The van der Waals surface area contributed by atoms with Crippen molar-refractivity contribution >= 4 is 0 Å². The highest BCUT2D eigenvalue weighted by Crippen LogP contribution is 2.23. The molecule has 0 aliphatic heterocycles. The minimum Gasteiger partial charge on any atom is -0.465 e. The van der Waals surface area contributed by atoms with Crippen LogP contribution in [0.25, 0.3) is 0 Å². The molecule has 0 aromatic carbocycles. The van der Waals surface area contributed by atoms with Gasteiger partial charge in [0.2, 0.25) is 0 Å². The Bertz CT molecular complexity index is 296. The van der Waals surface area contributed by atoms with Crippen LogP contribution in [0.1, 0.15) is 37.8 Å². The van der Waals surface area contributed by atoms with Crippen molar-refractivity contribution < 1.29 is 4.42 Å². The summed E-state index contributed by atoms with van der Waals surface area (Å²) in [6.07, 6.45) is 1.12. The number of nitrogens with zero attached hydrogens (tertiary/aromatic N) is 1. The van der Waals surface area contributed by atoms with E-state index in [1.165, 1.54) is 0 Å². The van der Waals surface area contributed by atoms with Crippen LogP contribution in [0.2, 0.25) is 0 Å². The van der Waals surface area contributed by atoms with Gasteiger partial charge in [0.1, 0.15) is 11.5 Å². The fourth-order valence-electron chi connectivity index (χ4n) is 1.71. The molecule has 0 saturated heterocycles. The zero-order valence-electron chi connectivity index (χ0n) is 10.2. The molecular formula is C12H22N2O. The van der Waals surface area contributed by atoms with Crippen molar-refractivity contribution in [2.45, 2.75) is 39.3 Å². The molecule has 2 N–H and O–H groups in total. The van der Waals surface area contributed by atoms with Crippen LogP contribution >= 0.6 is 0 Å². The quantitative estimate of drug-likeness (QED) is 0.811. The summed E-state index contributed by atoms with van der Waals surface area (Å²) in [5.41, 5.74) is 5.81. The maximum absolute atomic E-state index is 5.81. The second-order valence-corrected chi connectivity index (χ2v) is 4.12. The van der Waals surface area contributed by atoms with Gasteiger partial charge < -0.3 is 10.2 Å². The van der Waals surface area contributed by atoms with Crippen LogP contribution in [0.15, 0.2) is 16.5 Å². The molecule has 1 heterocycles. The number of rotatable bonds is 5. The number of aryl methyl sites for hydroxylation is 1. The van der Waals surface area contributed by atoms with Gasteiger partial charge in [-0.3, -0.25) is 4.90 Å². The number of hydrogen-bond donors (Lipinski definition) is 1.